The van der Waals surface area contributed by atoms with Crippen molar-refractivity contribution >= 4 is 11.3 Å². The van der Waals surface area contributed by atoms with Crippen LogP contribution < -0.4 is 0 Å². The normalized spacial score (nSPS) is 10.3. The first-order chi connectivity index (χ1) is 5.36. The van der Waals surface area contributed by atoms with Crippen LogP contribution in [0.5, 0.6) is 0 Å². The van der Waals surface area contributed by atoms with Gasteiger partial charge in [-0.25, -0.2) is 9.97 Å². The van der Waals surface area contributed by atoms with Crippen molar-refractivity contribution in [2.24, 2.45) is 0 Å². The molecule has 0 spiro atoms. The summed E-state index contributed by atoms with van der Waals surface area (Å²) in [5, 5.41) is 2.73. The van der Waals surface area contributed by atoms with Gasteiger partial charge in [-0.3, -0.25) is 4.57 Å². The van der Waals surface area contributed by atoms with Crippen LogP contribution in [0.2, 0.25) is 0 Å². The minimum atomic E-state index is 0.908. The van der Waals surface area contributed by atoms with Crippen molar-refractivity contribution < 1.29 is 0 Å². The van der Waals surface area contributed by atoms with Crippen LogP contribution >= 0.6 is 11.3 Å². The highest BCUT2D eigenvalue weighted by Crippen LogP contribution is 2.10. The van der Waals surface area contributed by atoms with Crippen LogP contribution in [0, 0.1) is 13.1 Å². The zero-order chi connectivity index (χ0) is 7.68. The summed E-state index contributed by atoms with van der Waals surface area (Å²) in [4.78, 5) is 8.10. The minimum absolute atomic E-state index is 0.908. The maximum atomic E-state index is 4.09. The molecule has 0 saturated carbocycles. The second kappa shape index (κ2) is 2.47. The Kier molecular flexibility index (Phi) is 1.47. The van der Waals surface area contributed by atoms with Gasteiger partial charge in [-0.2, -0.15) is 0 Å². The number of thiazole rings is 1. The van der Waals surface area contributed by atoms with Crippen molar-refractivity contribution in [2.45, 2.75) is 6.92 Å². The second-order valence-electron chi connectivity index (χ2n) is 2.18. The van der Waals surface area contributed by atoms with Crippen LogP contribution in [0.4, 0.5) is 0 Å². The molecule has 0 bridgehead atoms. The number of aryl methyl sites for hydroxylation is 1. The highest BCUT2D eigenvalue weighted by atomic mass is 32.1. The van der Waals surface area contributed by atoms with Gasteiger partial charge in [0.15, 0.2) is 5.13 Å². The summed E-state index contributed by atoms with van der Waals surface area (Å²) < 4.78 is 1.89. The SMILES string of the molecule is Cc1cn(-c2n[c]cs2)cn1. The Balaban J connectivity index is 2.45. The fraction of sp³-hybridized carbons (Fsp3) is 0.143. The van der Waals surface area contributed by atoms with E-state index >= 15 is 0 Å². The smallest absolute Gasteiger partial charge is 0.195 e. The Morgan fingerprint density at radius 1 is 1.64 bits per heavy atom. The molecule has 0 aromatic carbocycles. The highest BCUT2D eigenvalue weighted by Gasteiger charge is 1.97. The van der Waals surface area contributed by atoms with Crippen molar-refractivity contribution in [3.63, 3.8) is 0 Å². The Morgan fingerprint density at radius 2 is 2.55 bits per heavy atom. The summed E-state index contributed by atoms with van der Waals surface area (Å²) in [6, 6.07) is 0. The van der Waals surface area contributed by atoms with Gasteiger partial charge < -0.3 is 0 Å². The summed E-state index contributed by atoms with van der Waals surface area (Å²) in [7, 11) is 0. The van der Waals surface area contributed by atoms with Crippen molar-refractivity contribution in [1.29, 1.82) is 0 Å². The lowest BCUT2D eigenvalue weighted by Crippen LogP contribution is -1.86. The maximum Gasteiger partial charge on any atom is 0.195 e. The number of nitrogens with zero attached hydrogens (tertiary/aromatic N) is 3. The summed E-state index contributed by atoms with van der Waals surface area (Å²) >= 11 is 1.55. The Bertz CT molecular complexity index is 336. The second-order valence-corrected chi connectivity index (χ2v) is 3.02. The molecular weight excluding hydrogens is 158 g/mol. The first kappa shape index (κ1) is 6.54. The van der Waals surface area contributed by atoms with E-state index in [2.05, 4.69) is 16.2 Å². The van der Waals surface area contributed by atoms with E-state index < -0.39 is 0 Å². The molecule has 4 heteroatoms. The molecule has 2 rings (SSSR count). The van der Waals surface area contributed by atoms with Gasteiger partial charge in [-0.15, -0.1) is 11.3 Å². The fourth-order valence-electron chi connectivity index (χ4n) is 0.831. The minimum Gasteiger partial charge on any atom is -0.282 e. The van der Waals surface area contributed by atoms with Crippen LogP contribution in [0.15, 0.2) is 17.9 Å². The molecule has 0 aliphatic carbocycles. The van der Waals surface area contributed by atoms with Crippen LogP contribution in [0.3, 0.4) is 0 Å². The molecule has 0 N–H and O–H groups in total. The highest BCUT2D eigenvalue weighted by molar-refractivity contribution is 7.12. The monoisotopic (exact) mass is 164 g/mol. The molecular formula is C7H6N3S. The van der Waals surface area contributed by atoms with E-state index in [1.165, 1.54) is 0 Å². The molecule has 0 aliphatic rings. The number of imidazole rings is 1. The van der Waals surface area contributed by atoms with Gasteiger partial charge in [-0.1, -0.05) is 0 Å². The number of hydrogen-bond acceptors (Lipinski definition) is 3. The van der Waals surface area contributed by atoms with Crippen molar-refractivity contribution in [3.05, 3.63) is 29.8 Å². The van der Waals surface area contributed by atoms with Gasteiger partial charge >= 0.3 is 0 Å². The van der Waals surface area contributed by atoms with Gasteiger partial charge in [0.1, 0.15) is 12.5 Å². The lowest BCUT2D eigenvalue weighted by atomic mass is 10.6. The first-order valence-electron chi connectivity index (χ1n) is 3.19. The molecule has 0 aliphatic heterocycles. The van der Waals surface area contributed by atoms with E-state index in [0.29, 0.717) is 0 Å². The average Bonchev–Trinajstić information content (AvgIpc) is 2.55. The number of hydrogen-bond donors (Lipinski definition) is 0. The summed E-state index contributed by atoms with van der Waals surface area (Å²) in [6.45, 7) is 1.95. The fourth-order valence-corrected chi connectivity index (χ4v) is 1.37. The molecule has 55 valence electrons. The van der Waals surface area contributed by atoms with E-state index in [9.17, 15) is 0 Å². The average molecular weight is 164 g/mol. The predicted molar refractivity (Wildman–Crippen MR) is 42.8 cm³/mol. The van der Waals surface area contributed by atoms with Gasteiger partial charge in [0.2, 0.25) is 0 Å². The zero-order valence-corrected chi connectivity index (χ0v) is 6.80. The largest absolute Gasteiger partial charge is 0.282 e. The quantitative estimate of drug-likeness (QED) is 0.638. The molecule has 0 saturated heterocycles. The van der Waals surface area contributed by atoms with E-state index in [-0.39, 0.29) is 0 Å². The number of rotatable bonds is 1. The first-order valence-corrected chi connectivity index (χ1v) is 4.07. The molecule has 3 nitrogen and oxygen atoms in total. The van der Waals surface area contributed by atoms with Crippen molar-refractivity contribution in [3.8, 4) is 5.13 Å². The van der Waals surface area contributed by atoms with Crippen LogP contribution in [-0.2, 0) is 0 Å². The van der Waals surface area contributed by atoms with Crippen molar-refractivity contribution in [2.75, 3.05) is 0 Å². The van der Waals surface area contributed by atoms with Crippen LogP contribution in [0.1, 0.15) is 5.69 Å². The third-order valence-corrected chi connectivity index (χ3v) is 2.05. The van der Waals surface area contributed by atoms with E-state index in [4.69, 9.17) is 0 Å². The topological polar surface area (TPSA) is 30.7 Å². The lowest BCUT2D eigenvalue weighted by Gasteiger charge is -1.90. The number of aromatic nitrogens is 3. The lowest BCUT2D eigenvalue weighted by molar-refractivity contribution is 1.03. The Hall–Kier alpha value is -1.16. The van der Waals surface area contributed by atoms with Crippen LogP contribution in [0.25, 0.3) is 5.13 Å². The Morgan fingerprint density at radius 3 is 3.09 bits per heavy atom. The predicted octanol–water partition coefficient (Wildman–Crippen LogP) is 1.44. The van der Waals surface area contributed by atoms with E-state index in [1.54, 1.807) is 17.7 Å². The molecule has 0 atom stereocenters. The molecule has 0 amide bonds. The standard InChI is InChI=1S/C7H6N3S/c1-6-4-10(5-9-6)7-8-2-3-11-7/h3-5H,1H3. The Labute approximate surface area is 68.4 Å². The van der Waals surface area contributed by atoms with E-state index in [0.717, 1.165) is 10.8 Å². The maximum absolute atomic E-state index is 4.09. The molecule has 1 radical (unpaired) electrons. The van der Waals surface area contributed by atoms with Gasteiger partial charge in [-0.05, 0) is 6.92 Å². The van der Waals surface area contributed by atoms with Gasteiger partial charge in [0.05, 0.1) is 5.69 Å². The summed E-state index contributed by atoms with van der Waals surface area (Å²) in [6.07, 6.45) is 6.45. The molecule has 11 heavy (non-hydrogen) atoms. The van der Waals surface area contributed by atoms with Crippen LogP contribution in [-0.4, -0.2) is 14.5 Å². The molecule has 2 aromatic heterocycles. The van der Waals surface area contributed by atoms with Gasteiger partial charge in [0.25, 0.3) is 0 Å². The molecule has 0 fully saturated rings. The molecule has 2 heterocycles. The van der Waals surface area contributed by atoms with E-state index in [1.807, 2.05) is 23.1 Å². The zero-order valence-electron chi connectivity index (χ0n) is 5.98. The van der Waals surface area contributed by atoms with Gasteiger partial charge in [0, 0.05) is 11.6 Å². The summed E-state index contributed by atoms with van der Waals surface area (Å²) in [5.41, 5.74) is 1.00. The molecule has 2 aromatic rings. The van der Waals surface area contributed by atoms with Crippen molar-refractivity contribution in [1.82, 2.24) is 14.5 Å². The third-order valence-electron chi connectivity index (χ3n) is 1.31. The molecule has 0 unspecified atom stereocenters. The third kappa shape index (κ3) is 1.17. The summed E-state index contributed by atoms with van der Waals surface area (Å²) in [5.74, 6) is 0.